The van der Waals surface area contributed by atoms with E-state index in [1.807, 2.05) is 0 Å². The molecule has 4 nitrogen and oxygen atoms in total. The number of rotatable bonds is 0. The van der Waals surface area contributed by atoms with E-state index in [9.17, 15) is 0 Å². The van der Waals surface area contributed by atoms with E-state index < -0.39 is 0 Å². The smallest absolute Gasteiger partial charge is 0.0104 e. The number of nitrogens with one attached hydrogen (secondary N) is 1. The molecule has 0 radical (unpaired) electrons. The van der Waals surface area contributed by atoms with Gasteiger partial charge in [0.25, 0.3) is 0 Å². The number of hydrogen-bond donors (Lipinski definition) is 1. The summed E-state index contributed by atoms with van der Waals surface area (Å²) in [7, 11) is 2.15. The summed E-state index contributed by atoms with van der Waals surface area (Å²) in [5, 5.41) is 3.27. The van der Waals surface area contributed by atoms with Crippen molar-refractivity contribution in [3.8, 4) is 0 Å². The summed E-state index contributed by atoms with van der Waals surface area (Å²) in [5.74, 6) is 0. The zero-order chi connectivity index (χ0) is 5.11. The topological polar surface area (TPSA) is 78.3 Å². The first-order valence-corrected chi connectivity index (χ1v) is 2.79. The van der Waals surface area contributed by atoms with Crippen LogP contribution in [0.3, 0.4) is 0 Å². The van der Waals surface area contributed by atoms with Gasteiger partial charge in [0, 0.05) is 26.2 Å². The molecule has 0 aromatic rings. The standard InChI is InChI=1S/C5H12N2.2ClH.2H2O/c1-7-4-2-6-3-5-7;;;;/h6H,2-5H2,1H3;2*1H;2*1H2. The third kappa shape index (κ3) is 10.4. The zero-order valence-corrected chi connectivity index (χ0v) is 8.23. The van der Waals surface area contributed by atoms with Gasteiger partial charge in [-0.05, 0) is 7.05 Å². The Balaban J connectivity index is -0.0000000612. The lowest BCUT2D eigenvalue weighted by Gasteiger charge is -2.21. The van der Waals surface area contributed by atoms with Crippen LogP contribution in [-0.4, -0.2) is 49.1 Å². The molecule has 0 spiro atoms. The van der Waals surface area contributed by atoms with Gasteiger partial charge >= 0.3 is 0 Å². The van der Waals surface area contributed by atoms with Crippen LogP contribution in [0.5, 0.6) is 0 Å². The zero-order valence-electron chi connectivity index (χ0n) is 6.59. The van der Waals surface area contributed by atoms with E-state index in [1.165, 1.54) is 13.1 Å². The molecule has 0 atom stereocenters. The number of nitrogens with zero attached hydrogens (tertiary/aromatic N) is 1. The molecule has 5 N–H and O–H groups in total. The van der Waals surface area contributed by atoms with Crippen LogP contribution in [0.2, 0.25) is 0 Å². The SMILES string of the molecule is CN1CCNCC1.Cl.Cl.O.O. The summed E-state index contributed by atoms with van der Waals surface area (Å²) in [6, 6.07) is 0. The fraction of sp³-hybridized carbons (Fsp3) is 1.00. The third-order valence-electron chi connectivity index (χ3n) is 1.34. The highest BCUT2D eigenvalue weighted by Gasteiger charge is 2.01. The van der Waals surface area contributed by atoms with E-state index in [0.29, 0.717) is 0 Å². The van der Waals surface area contributed by atoms with Crippen molar-refractivity contribution in [3.63, 3.8) is 0 Å². The highest BCUT2D eigenvalue weighted by Crippen LogP contribution is 1.82. The summed E-state index contributed by atoms with van der Waals surface area (Å²) in [6.07, 6.45) is 0. The largest absolute Gasteiger partial charge is 0.412 e. The highest BCUT2D eigenvalue weighted by molar-refractivity contribution is 5.85. The number of hydrogen-bond acceptors (Lipinski definition) is 2. The Morgan fingerprint density at radius 1 is 1.00 bits per heavy atom. The molecule has 1 aliphatic heterocycles. The van der Waals surface area contributed by atoms with Crippen molar-refractivity contribution in [2.75, 3.05) is 33.2 Å². The Labute approximate surface area is 79.8 Å². The Morgan fingerprint density at radius 2 is 1.36 bits per heavy atom. The molecule has 1 aliphatic rings. The Bertz CT molecular complexity index is 62.4. The average Bonchev–Trinajstić information content (AvgIpc) is 1.69. The molecular formula is C5H18Cl2N2O2. The van der Waals surface area contributed by atoms with Crippen LogP contribution in [-0.2, 0) is 0 Å². The maximum Gasteiger partial charge on any atom is 0.0104 e. The summed E-state index contributed by atoms with van der Waals surface area (Å²) in [6.45, 7) is 4.74. The van der Waals surface area contributed by atoms with Crippen molar-refractivity contribution in [1.82, 2.24) is 10.2 Å². The molecule has 0 amide bonds. The first-order chi connectivity index (χ1) is 3.39. The maximum atomic E-state index is 3.27. The van der Waals surface area contributed by atoms with E-state index in [1.54, 1.807) is 0 Å². The minimum atomic E-state index is 0. The van der Waals surface area contributed by atoms with Crippen molar-refractivity contribution >= 4 is 24.8 Å². The fourth-order valence-corrected chi connectivity index (χ4v) is 0.777. The van der Waals surface area contributed by atoms with Gasteiger partial charge in [-0.15, -0.1) is 24.8 Å². The van der Waals surface area contributed by atoms with Gasteiger partial charge in [-0.1, -0.05) is 0 Å². The summed E-state index contributed by atoms with van der Waals surface area (Å²) in [4.78, 5) is 2.33. The summed E-state index contributed by atoms with van der Waals surface area (Å²) in [5.41, 5.74) is 0. The van der Waals surface area contributed by atoms with Crippen molar-refractivity contribution < 1.29 is 11.0 Å². The molecule has 1 rings (SSSR count). The van der Waals surface area contributed by atoms with Crippen LogP contribution < -0.4 is 5.32 Å². The predicted molar refractivity (Wildman–Crippen MR) is 52.1 cm³/mol. The summed E-state index contributed by atoms with van der Waals surface area (Å²) >= 11 is 0. The first-order valence-electron chi connectivity index (χ1n) is 2.79. The van der Waals surface area contributed by atoms with Gasteiger partial charge in [-0.3, -0.25) is 0 Å². The molecule has 0 unspecified atom stereocenters. The fourth-order valence-electron chi connectivity index (χ4n) is 0.777. The van der Waals surface area contributed by atoms with Crippen molar-refractivity contribution in [2.45, 2.75) is 0 Å². The van der Waals surface area contributed by atoms with Crippen LogP contribution in [0.1, 0.15) is 0 Å². The Morgan fingerprint density at radius 3 is 1.55 bits per heavy atom. The van der Waals surface area contributed by atoms with Crippen molar-refractivity contribution in [3.05, 3.63) is 0 Å². The molecule has 1 fully saturated rings. The van der Waals surface area contributed by atoms with Crippen LogP contribution in [0.25, 0.3) is 0 Å². The van der Waals surface area contributed by atoms with Crippen LogP contribution in [0.4, 0.5) is 0 Å². The normalized spacial score (nSPS) is 16.1. The van der Waals surface area contributed by atoms with E-state index in [-0.39, 0.29) is 35.8 Å². The number of likely N-dealkylation sites (N-methyl/N-ethyl adjacent to an activating group) is 1. The second-order valence-corrected chi connectivity index (χ2v) is 2.05. The van der Waals surface area contributed by atoms with Crippen LogP contribution in [0, 0.1) is 0 Å². The molecule has 0 bridgehead atoms. The van der Waals surface area contributed by atoms with Crippen molar-refractivity contribution in [1.29, 1.82) is 0 Å². The lowest BCUT2D eigenvalue weighted by atomic mass is 10.4. The molecule has 1 heterocycles. The monoisotopic (exact) mass is 208 g/mol. The van der Waals surface area contributed by atoms with Gasteiger partial charge in [0.1, 0.15) is 0 Å². The number of piperazine rings is 1. The van der Waals surface area contributed by atoms with E-state index >= 15 is 0 Å². The highest BCUT2D eigenvalue weighted by atomic mass is 35.5. The quantitative estimate of drug-likeness (QED) is 0.539. The molecule has 0 saturated carbocycles. The third-order valence-corrected chi connectivity index (χ3v) is 1.34. The first kappa shape index (κ1) is 22.5. The molecule has 74 valence electrons. The maximum absolute atomic E-state index is 3.27. The van der Waals surface area contributed by atoms with Gasteiger partial charge in [0.05, 0.1) is 0 Å². The molecule has 0 aromatic carbocycles. The van der Waals surface area contributed by atoms with E-state index in [0.717, 1.165) is 13.1 Å². The lowest BCUT2D eigenvalue weighted by molar-refractivity contribution is 0.291. The molecule has 0 aliphatic carbocycles. The predicted octanol–water partition coefficient (Wildman–Crippen LogP) is -1.28. The second-order valence-electron chi connectivity index (χ2n) is 2.05. The lowest BCUT2D eigenvalue weighted by Crippen LogP contribution is -2.40. The second kappa shape index (κ2) is 13.0. The molecule has 1 saturated heterocycles. The van der Waals surface area contributed by atoms with E-state index in [4.69, 9.17) is 0 Å². The van der Waals surface area contributed by atoms with Gasteiger partial charge in [-0.25, -0.2) is 0 Å². The molecule has 0 aromatic heterocycles. The van der Waals surface area contributed by atoms with Gasteiger partial charge in [0.15, 0.2) is 0 Å². The molecular weight excluding hydrogens is 191 g/mol. The van der Waals surface area contributed by atoms with Gasteiger partial charge in [-0.2, -0.15) is 0 Å². The summed E-state index contributed by atoms with van der Waals surface area (Å²) < 4.78 is 0. The number of halogens is 2. The van der Waals surface area contributed by atoms with Crippen LogP contribution in [0.15, 0.2) is 0 Å². The van der Waals surface area contributed by atoms with Gasteiger partial charge < -0.3 is 21.2 Å². The Kier molecular flexibility index (Phi) is 26.7. The minimum Gasteiger partial charge on any atom is -0.412 e. The molecule has 11 heavy (non-hydrogen) atoms. The van der Waals surface area contributed by atoms with Gasteiger partial charge in [0.2, 0.25) is 0 Å². The Hall–Kier alpha value is 0.420. The van der Waals surface area contributed by atoms with Crippen LogP contribution >= 0.6 is 24.8 Å². The minimum absolute atomic E-state index is 0. The molecule has 6 heteroatoms. The average molecular weight is 209 g/mol. The van der Waals surface area contributed by atoms with E-state index in [2.05, 4.69) is 17.3 Å². The van der Waals surface area contributed by atoms with Crippen molar-refractivity contribution in [2.24, 2.45) is 0 Å².